The molecule has 0 spiro atoms. The van der Waals surface area contributed by atoms with Crippen LogP contribution in [-0.2, 0) is 11.8 Å². The zero-order chi connectivity index (χ0) is 11.8. The molecule has 1 aromatic carbocycles. The van der Waals surface area contributed by atoms with E-state index in [0.29, 0.717) is 0 Å². The Hall–Kier alpha value is -0.690. The van der Waals surface area contributed by atoms with E-state index in [1.807, 2.05) is 6.92 Å². The Kier molecular flexibility index (Phi) is 3.16. The molecule has 0 amide bonds. The summed E-state index contributed by atoms with van der Waals surface area (Å²) in [6, 6.07) is 6.46. The molecule has 16 heavy (non-hydrogen) atoms. The second-order valence-electron chi connectivity index (χ2n) is 5.26. The monoisotopic (exact) mass is 238 g/mol. The molecule has 0 aliphatic carbocycles. The van der Waals surface area contributed by atoms with Crippen LogP contribution in [0.2, 0.25) is 0 Å². The minimum atomic E-state index is 0.0802. The second kappa shape index (κ2) is 4.29. The molecule has 0 fully saturated rings. The summed E-state index contributed by atoms with van der Waals surface area (Å²) in [6.45, 7) is 7.35. The Bertz CT molecular complexity index is 382. The number of rotatable bonds is 3. The molecule has 0 radical (unpaired) electrons. The maximum Gasteiger partial charge on any atom is 0.126 e. The standard InChI is InChI=1S/C14H19ClO/c1-10(15)9-14(2,3)12-6-4-5-11-7-8-16-13(11)12/h4-6,10H,7-9H2,1-3H3. The summed E-state index contributed by atoms with van der Waals surface area (Å²) in [5.41, 5.74) is 2.72. The molecule has 2 heteroatoms. The highest BCUT2D eigenvalue weighted by Crippen LogP contribution is 2.40. The molecule has 1 nitrogen and oxygen atoms in total. The van der Waals surface area contributed by atoms with Gasteiger partial charge in [-0.15, -0.1) is 11.6 Å². The molecule has 0 saturated heterocycles. The molecule has 1 aromatic rings. The van der Waals surface area contributed by atoms with E-state index in [1.54, 1.807) is 0 Å². The number of hydrogen-bond acceptors (Lipinski definition) is 1. The highest BCUT2D eigenvalue weighted by molar-refractivity contribution is 6.20. The number of hydrogen-bond donors (Lipinski definition) is 0. The Labute approximate surface area is 103 Å². The Morgan fingerprint density at radius 1 is 1.44 bits per heavy atom. The van der Waals surface area contributed by atoms with Gasteiger partial charge in [0.1, 0.15) is 5.75 Å². The highest BCUT2D eigenvalue weighted by atomic mass is 35.5. The molecular formula is C14H19ClO. The van der Waals surface area contributed by atoms with Crippen molar-refractivity contribution < 1.29 is 4.74 Å². The van der Waals surface area contributed by atoms with Crippen LogP contribution in [0.15, 0.2) is 18.2 Å². The van der Waals surface area contributed by atoms with Crippen molar-refractivity contribution in [1.82, 2.24) is 0 Å². The van der Waals surface area contributed by atoms with Gasteiger partial charge in [-0.3, -0.25) is 0 Å². The molecule has 1 aliphatic rings. The first kappa shape index (κ1) is 11.8. The normalized spacial score (nSPS) is 16.8. The summed E-state index contributed by atoms with van der Waals surface area (Å²) in [5.74, 6) is 1.10. The van der Waals surface area contributed by atoms with Crippen molar-refractivity contribution in [1.29, 1.82) is 0 Å². The third-order valence-corrected chi connectivity index (χ3v) is 3.39. The first-order valence-corrected chi connectivity index (χ1v) is 6.33. The number of fused-ring (bicyclic) bond motifs is 1. The molecule has 1 heterocycles. The van der Waals surface area contributed by atoms with Gasteiger partial charge >= 0.3 is 0 Å². The van der Waals surface area contributed by atoms with E-state index in [9.17, 15) is 0 Å². The number of para-hydroxylation sites is 1. The van der Waals surface area contributed by atoms with Crippen LogP contribution < -0.4 is 4.74 Å². The lowest BCUT2D eigenvalue weighted by Gasteiger charge is -2.28. The minimum Gasteiger partial charge on any atom is -0.493 e. The summed E-state index contributed by atoms with van der Waals surface area (Å²) < 4.78 is 5.75. The van der Waals surface area contributed by atoms with Crippen LogP contribution in [0.5, 0.6) is 5.75 Å². The predicted octanol–water partition coefficient (Wildman–Crippen LogP) is 3.92. The van der Waals surface area contributed by atoms with Crippen LogP contribution in [0.25, 0.3) is 0 Å². The Morgan fingerprint density at radius 2 is 2.19 bits per heavy atom. The average molecular weight is 239 g/mol. The van der Waals surface area contributed by atoms with Crippen molar-refractivity contribution >= 4 is 11.6 Å². The van der Waals surface area contributed by atoms with Crippen molar-refractivity contribution in [3.05, 3.63) is 29.3 Å². The van der Waals surface area contributed by atoms with Crippen LogP contribution in [0.1, 0.15) is 38.3 Å². The van der Waals surface area contributed by atoms with Crippen molar-refractivity contribution in [2.75, 3.05) is 6.61 Å². The zero-order valence-electron chi connectivity index (χ0n) is 10.2. The third-order valence-electron chi connectivity index (χ3n) is 3.24. The van der Waals surface area contributed by atoms with Gasteiger partial charge in [-0.05, 0) is 24.3 Å². The Balaban J connectivity index is 2.36. The average Bonchev–Trinajstić information content (AvgIpc) is 2.62. The number of halogens is 1. The van der Waals surface area contributed by atoms with Gasteiger partial charge in [-0.25, -0.2) is 0 Å². The van der Waals surface area contributed by atoms with Crippen molar-refractivity contribution in [3.63, 3.8) is 0 Å². The lowest BCUT2D eigenvalue weighted by molar-refractivity contribution is 0.341. The SMILES string of the molecule is CC(Cl)CC(C)(C)c1cccc2c1OCC2. The van der Waals surface area contributed by atoms with Crippen LogP contribution in [0.3, 0.4) is 0 Å². The number of benzene rings is 1. The van der Waals surface area contributed by atoms with Gasteiger partial charge in [-0.2, -0.15) is 0 Å². The summed E-state index contributed by atoms with van der Waals surface area (Å²) in [5, 5.41) is 0.187. The summed E-state index contributed by atoms with van der Waals surface area (Å²) in [4.78, 5) is 0. The van der Waals surface area contributed by atoms with Crippen LogP contribution >= 0.6 is 11.6 Å². The van der Waals surface area contributed by atoms with Gasteiger partial charge in [0.25, 0.3) is 0 Å². The van der Waals surface area contributed by atoms with Gasteiger partial charge in [-0.1, -0.05) is 32.0 Å². The summed E-state index contributed by atoms with van der Waals surface area (Å²) in [7, 11) is 0. The fraction of sp³-hybridized carbons (Fsp3) is 0.571. The summed E-state index contributed by atoms with van der Waals surface area (Å²) in [6.07, 6.45) is 2.00. The molecule has 0 bridgehead atoms. The van der Waals surface area contributed by atoms with Crippen molar-refractivity contribution in [2.24, 2.45) is 0 Å². The smallest absolute Gasteiger partial charge is 0.126 e. The first-order chi connectivity index (χ1) is 7.50. The van der Waals surface area contributed by atoms with Crippen molar-refractivity contribution in [3.8, 4) is 5.75 Å². The van der Waals surface area contributed by atoms with Gasteiger partial charge in [0.15, 0.2) is 0 Å². The van der Waals surface area contributed by atoms with Crippen LogP contribution in [0.4, 0.5) is 0 Å². The largest absolute Gasteiger partial charge is 0.493 e. The lowest BCUT2D eigenvalue weighted by Crippen LogP contribution is -2.21. The van der Waals surface area contributed by atoms with E-state index in [1.165, 1.54) is 11.1 Å². The molecule has 1 aliphatic heterocycles. The van der Waals surface area contributed by atoms with E-state index < -0.39 is 0 Å². The Morgan fingerprint density at radius 3 is 2.88 bits per heavy atom. The third kappa shape index (κ3) is 2.20. The van der Waals surface area contributed by atoms with E-state index in [2.05, 4.69) is 32.0 Å². The quantitative estimate of drug-likeness (QED) is 0.726. The van der Waals surface area contributed by atoms with Gasteiger partial charge in [0.05, 0.1) is 6.61 Å². The fourth-order valence-electron chi connectivity index (χ4n) is 2.56. The molecular weight excluding hydrogens is 220 g/mol. The van der Waals surface area contributed by atoms with Gasteiger partial charge < -0.3 is 4.74 Å². The highest BCUT2D eigenvalue weighted by Gasteiger charge is 2.29. The molecule has 1 atom stereocenters. The fourth-order valence-corrected chi connectivity index (χ4v) is 2.95. The zero-order valence-corrected chi connectivity index (χ0v) is 11.0. The first-order valence-electron chi connectivity index (χ1n) is 5.90. The lowest BCUT2D eigenvalue weighted by atomic mass is 9.79. The van der Waals surface area contributed by atoms with E-state index in [-0.39, 0.29) is 10.8 Å². The number of alkyl halides is 1. The molecule has 0 N–H and O–H groups in total. The number of ether oxygens (including phenoxy) is 1. The van der Waals surface area contributed by atoms with Crippen LogP contribution in [-0.4, -0.2) is 12.0 Å². The molecule has 0 saturated carbocycles. The maximum absolute atomic E-state index is 6.12. The van der Waals surface area contributed by atoms with E-state index >= 15 is 0 Å². The minimum absolute atomic E-state index is 0.0802. The van der Waals surface area contributed by atoms with Gasteiger partial charge in [0.2, 0.25) is 0 Å². The van der Waals surface area contributed by atoms with Crippen molar-refractivity contribution in [2.45, 2.75) is 44.4 Å². The maximum atomic E-state index is 6.12. The predicted molar refractivity (Wildman–Crippen MR) is 68.6 cm³/mol. The van der Waals surface area contributed by atoms with Crippen LogP contribution in [0, 0.1) is 0 Å². The topological polar surface area (TPSA) is 9.23 Å². The van der Waals surface area contributed by atoms with Gasteiger partial charge in [0, 0.05) is 17.4 Å². The van der Waals surface area contributed by atoms with E-state index in [4.69, 9.17) is 16.3 Å². The molecule has 0 aromatic heterocycles. The molecule has 1 unspecified atom stereocenters. The summed E-state index contributed by atoms with van der Waals surface area (Å²) >= 11 is 6.12. The van der Waals surface area contributed by atoms with E-state index in [0.717, 1.165) is 25.2 Å². The second-order valence-corrected chi connectivity index (χ2v) is 6.01. The molecule has 2 rings (SSSR count). The molecule has 88 valence electrons.